The fraction of sp³-hybridized carbons (Fsp3) is 0.615. The lowest BCUT2D eigenvalue weighted by atomic mass is 9.98. The highest BCUT2D eigenvalue weighted by Crippen LogP contribution is 2.16. The Morgan fingerprint density at radius 2 is 1.62 bits per heavy atom. The number of esters is 1. The summed E-state index contributed by atoms with van der Waals surface area (Å²) in [5, 5.41) is 0. The molecule has 3 nitrogen and oxygen atoms in total. The molecular formula is C26H40O3. The molecule has 1 atom stereocenters. The van der Waals surface area contributed by atoms with Gasteiger partial charge >= 0.3 is 5.97 Å². The molecule has 0 bridgehead atoms. The third-order valence-corrected chi connectivity index (χ3v) is 5.23. The Hall–Kier alpha value is -1.90. The summed E-state index contributed by atoms with van der Waals surface area (Å²) < 4.78 is 5.48. The van der Waals surface area contributed by atoms with Gasteiger partial charge in [-0.15, -0.1) is 0 Å². The van der Waals surface area contributed by atoms with E-state index in [4.69, 9.17) is 4.74 Å². The molecule has 0 saturated heterocycles. The molecule has 0 aliphatic rings. The van der Waals surface area contributed by atoms with Gasteiger partial charge in [-0.25, -0.2) is 0 Å². The zero-order chi connectivity index (χ0) is 21.2. The maximum Gasteiger partial charge on any atom is 0.303 e. The Bertz CT molecular complexity index is 591. The molecule has 0 radical (unpaired) electrons. The standard InChI is InChI=1S/C26H40O3/c1-3-4-5-6-7-10-20-26(29-23(2)28)21-14-13-19-25-18-12-11-17-24(25)16-9-8-15-22-27/h11-12,14,17-18,21-22,26H,3-10,13,15-16,19-20H2,1-2H3/b21-14+/t26-/m0/s1. The number of hydrogen-bond acceptors (Lipinski definition) is 3. The number of benzene rings is 1. The molecule has 162 valence electrons. The number of carbonyl (C=O) groups excluding carboxylic acids is 2. The fourth-order valence-electron chi connectivity index (χ4n) is 3.61. The predicted octanol–water partition coefficient (Wildman–Crippen LogP) is 6.77. The van der Waals surface area contributed by atoms with Crippen molar-refractivity contribution in [2.75, 3.05) is 0 Å². The van der Waals surface area contributed by atoms with Gasteiger partial charge in [-0.2, -0.15) is 0 Å². The van der Waals surface area contributed by atoms with Gasteiger partial charge in [-0.05, 0) is 62.1 Å². The lowest BCUT2D eigenvalue weighted by Gasteiger charge is -2.13. The van der Waals surface area contributed by atoms with Gasteiger partial charge in [0.15, 0.2) is 0 Å². The van der Waals surface area contributed by atoms with Crippen molar-refractivity contribution < 1.29 is 14.3 Å². The number of carbonyl (C=O) groups is 2. The molecule has 1 rings (SSSR count). The van der Waals surface area contributed by atoms with Gasteiger partial charge in [0.05, 0.1) is 0 Å². The highest BCUT2D eigenvalue weighted by molar-refractivity contribution is 5.66. The third-order valence-electron chi connectivity index (χ3n) is 5.23. The van der Waals surface area contributed by atoms with Crippen LogP contribution in [-0.4, -0.2) is 18.4 Å². The molecule has 0 aliphatic carbocycles. The highest BCUT2D eigenvalue weighted by Gasteiger charge is 2.08. The van der Waals surface area contributed by atoms with Gasteiger partial charge in [-0.1, -0.05) is 69.4 Å². The number of aldehydes is 1. The third kappa shape index (κ3) is 13.0. The van der Waals surface area contributed by atoms with E-state index < -0.39 is 0 Å². The zero-order valence-electron chi connectivity index (χ0n) is 18.5. The average molecular weight is 401 g/mol. The van der Waals surface area contributed by atoms with Gasteiger partial charge in [0.25, 0.3) is 0 Å². The number of rotatable bonds is 17. The molecule has 0 amide bonds. The minimum Gasteiger partial charge on any atom is -0.458 e. The van der Waals surface area contributed by atoms with E-state index in [0.29, 0.717) is 6.42 Å². The number of unbranched alkanes of at least 4 members (excludes halogenated alkanes) is 7. The molecule has 0 saturated carbocycles. The van der Waals surface area contributed by atoms with Gasteiger partial charge in [0, 0.05) is 13.3 Å². The fourth-order valence-corrected chi connectivity index (χ4v) is 3.61. The van der Waals surface area contributed by atoms with Crippen LogP contribution in [0.1, 0.15) is 95.6 Å². The summed E-state index contributed by atoms with van der Waals surface area (Å²) in [4.78, 5) is 21.9. The minimum atomic E-state index is -0.202. The largest absolute Gasteiger partial charge is 0.458 e. The molecule has 0 aliphatic heterocycles. The van der Waals surface area contributed by atoms with Crippen LogP contribution >= 0.6 is 0 Å². The van der Waals surface area contributed by atoms with E-state index in [1.54, 1.807) is 0 Å². The monoisotopic (exact) mass is 400 g/mol. The summed E-state index contributed by atoms with van der Waals surface area (Å²) in [5.41, 5.74) is 2.76. The maximum atomic E-state index is 11.4. The maximum absolute atomic E-state index is 11.4. The Labute approximate surface area is 177 Å². The molecule has 29 heavy (non-hydrogen) atoms. The first kappa shape index (κ1) is 25.1. The highest BCUT2D eigenvalue weighted by atomic mass is 16.5. The lowest BCUT2D eigenvalue weighted by molar-refractivity contribution is -0.144. The molecule has 0 fully saturated rings. The van der Waals surface area contributed by atoms with Crippen molar-refractivity contribution in [1.29, 1.82) is 0 Å². The van der Waals surface area contributed by atoms with Crippen LogP contribution in [-0.2, 0) is 27.2 Å². The second-order valence-electron chi connectivity index (χ2n) is 7.85. The van der Waals surface area contributed by atoms with Crippen molar-refractivity contribution in [3.8, 4) is 0 Å². The Morgan fingerprint density at radius 3 is 2.31 bits per heavy atom. The molecule has 0 heterocycles. The van der Waals surface area contributed by atoms with Gasteiger partial charge in [0.2, 0.25) is 0 Å². The molecule has 0 unspecified atom stereocenters. The Balaban J connectivity index is 2.43. The normalized spacial score (nSPS) is 12.2. The first-order valence-electron chi connectivity index (χ1n) is 11.5. The molecule has 1 aromatic rings. The summed E-state index contributed by atoms with van der Waals surface area (Å²) in [5.74, 6) is -0.202. The number of aryl methyl sites for hydroxylation is 2. The molecule has 0 spiro atoms. The average Bonchev–Trinajstić information content (AvgIpc) is 2.71. The topological polar surface area (TPSA) is 43.4 Å². The van der Waals surface area contributed by atoms with E-state index in [-0.39, 0.29) is 12.1 Å². The summed E-state index contributed by atoms with van der Waals surface area (Å²) in [7, 11) is 0. The van der Waals surface area contributed by atoms with Gasteiger partial charge < -0.3 is 9.53 Å². The van der Waals surface area contributed by atoms with Crippen LogP contribution in [0.2, 0.25) is 0 Å². The van der Waals surface area contributed by atoms with Crippen LogP contribution in [0.5, 0.6) is 0 Å². The van der Waals surface area contributed by atoms with E-state index in [1.165, 1.54) is 50.2 Å². The summed E-state index contributed by atoms with van der Waals surface area (Å²) >= 11 is 0. The van der Waals surface area contributed by atoms with Crippen molar-refractivity contribution in [2.45, 2.75) is 103 Å². The number of hydrogen-bond donors (Lipinski definition) is 0. The molecule has 0 aromatic heterocycles. The summed E-state index contributed by atoms with van der Waals surface area (Å²) in [6.45, 7) is 3.72. The SMILES string of the molecule is CCCCCCCC[C@@H](/C=C/CCc1ccccc1CCCCC=O)OC(C)=O. The lowest BCUT2D eigenvalue weighted by Crippen LogP contribution is -2.13. The summed E-state index contributed by atoms with van der Waals surface area (Å²) in [6, 6.07) is 8.57. The van der Waals surface area contributed by atoms with Crippen molar-refractivity contribution >= 4 is 12.3 Å². The molecule has 0 N–H and O–H groups in total. The number of allylic oxidation sites excluding steroid dienone is 1. The van der Waals surface area contributed by atoms with Crippen LogP contribution < -0.4 is 0 Å². The Morgan fingerprint density at radius 1 is 0.931 bits per heavy atom. The van der Waals surface area contributed by atoms with E-state index in [2.05, 4.69) is 43.3 Å². The first-order chi connectivity index (χ1) is 14.2. The second kappa shape index (κ2) is 17.0. The van der Waals surface area contributed by atoms with Crippen LogP contribution in [0, 0.1) is 0 Å². The predicted molar refractivity (Wildman–Crippen MR) is 121 cm³/mol. The number of ether oxygens (including phenoxy) is 1. The van der Waals surface area contributed by atoms with Gasteiger partial charge in [-0.3, -0.25) is 4.79 Å². The molecular weight excluding hydrogens is 360 g/mol. The van der Waals surface area contributed by atoms with E-state index >= 15 is 0 Å². The van der Waals surface area contributed by atoms with Crippen molar-refractivity contribution in [1.82, 2.24) is 0 Å². The zero-order valence-corrected chi connectivity index (χ0v) is 18.5. The van der Waals surface area contributed by atoms with Crippen LogP contribution in [0.3, 0.4) is 0 Å². The minimum absolute atomic E-state index is 0.0998. The molecule has 3 heteroatoms. The Kier molecular flexibility index (Phi) is 14.7. The quantitative estimate of drug-likeness (QED) is 0.125. The smallest absolute Gasteiger partial charge is 0.303 e. The second-order valence-corrected chi connectivity index (χ2v) is 7.85. The van der Waals surface area contributed by atoms with E-state index in [9.17, 15) is 9.59 Å². The summed E-state index contributed by atoms with van der Waals surface area (Å²) in [6.07, 6.45) is 19.1. The first-order valence-corrected chi connectivity index (χ1v) is 11.5. The van der Waals surface area contributed by atoms with Crippen molar-refractivity contribution in [3.63, 3.8) is 0 Å². The van der Waals surface area contributed by atoms with Crippen molar-refractivity contribution in [3.05, 3.63) is 47.5 Å². The van der Waals surface area contributed by atoms with Gasteiger partial charge in [0.1, 0.15) is 12.4 Å². The van der Waals surface area contributed by atoms with Crippen LogP contribution in [0.15, 0.2) is 36.4 Å². The van der Waals surface area contributed by atoms with Crippen LogP contribution in [0.25, 0.3) is 0 Å². The molecule has 1 aromatic carbocycles. The van der Waals surface area contributed by atoms with Crippen LogP contribution in [0.4, 0.5) is 0 Å². The van der Waals surface area contributed by atoms with E-state index in [0.717, 1.165) is 51.2 Å². The van der Waals surface area contributed by atoms with Crippen molar-refractivity contribution in [2.24, 2.45) is 0 Å². The van der Waals surface area contributed by atoms with E-state index in [1.807, 2.05) is 0 Å².